The Morgan fingerprint density at radius 1 is 1.22 bits per heavy atom. The second-order valence-corrected chi connectivity index (χ2v) is 4.27. The maximum absolute atomic E-state index is 11.8. The summed E-state index contributed by atoms with van der Waals surface area (Å²) in [5, 5.41) is 3.34. The van der Waals surface area contributed by atoms with Crippen LogP contribution in [0.15, 0.2) is 0 Å². The van der Waals surface area contributed by atoms with Gasteiger partial charge in [-0.2, -0.15) is 13.2 Å². The van der Waals surface area contributed by atoms with Crippen LogP contribution in [0.3, 0.4) is 0 Å². The zero-order chi connectivity index (χ0) is 13.9. The third-order valence-electron chi connectivity index (χ3n) is 2.41. The lowest BCUT2D eigenvalue weighted by Crippen LogP contribution is -2.33. The Labute approximate surface area is 107 Å². The molecule has 0 aliphatic heterocycles. The van der Waals surface area contributed by atoms with Gasteiger partial charge in [0.25, 0.3) is 0 Å². The van der Waals surface area contributed by atoms with Crippen LogP contribution in [0.5, 0.6) is 0 Å². The molecular weight excluding hydrogens is 247 g/mol. The van der Waals surface area contributed by atoms with Crippen molar-refractivity contribution in [2.45, 2.75) is 44.8 Å². The van der Waals surface area contributed by atoms with Crippen LogP contribution < -0.4 is 5.32 Å². The van der Waals surface area contributed by atoms with Crippen LogP contribution in [0.1, 0.15) is 32.6 Å². The number of unbranched alkanes of at least 4 members (excludes halogenated alkanes) is 1. The van der Waals surface area contributed by atoms with Crippen LogP contribution >= 0.6 is 0 Å². The fraction of sp³-hybridized carbons (Fsp3) is 1.00. The lowest BCUT2D eigenvalue weighted by molar-refractivity contribution is -0.174. The van der Waals surface area contributed by atoms with Gasteiger partial charge in [-0.3, -0.25) is 0 Å². The monoisotopic (exact) mass is 271 g/mol. The average Bonchev–Trinajstić information content (AvgIpc) is 2.29. The van der Waals surface area contributed by atoms with E-state index in [1.54, 1.807) is 7.11 Å². The van der Waals surface area contributed by atoms with Gasteiger partial charge in [-0.05, 0) is 32.2 Å². The molecular formula is C12H24F3NO2. The first-order chi connectivity index (χ1) is 8.49. The van der Waals surface area contributed by atoms with Crippen molar-refractivity contribution in [1.82, 2.24) is 5.32 Å². The molecule has 1 N–H and O–H groups in total. The molecule has 18 heavy (non-hydrogen) atoms. The molecule has 0 heterocycles. The minimum atomic E-state index is -4.22. The quantitative estimate of drug-likeness (QED) is 0.586. The van der Waals surface area contributed by atoms with Gasteiger partial charge in [-0.15, -0.1) is 0 Å². The lowest BCUT2D eigenvalue weighted by atomic mass is 10.1. The average molecular weight is 271 g/mol. The van der Waals surface area contributed by atoms with Gasteiger partial charge in [0.2, 0.25) is 0 Å². The van der Waals surface area contributed by atoms with Crippen LogP contribution in [0, 0.1) is 0 Å². The minimum Gasteiger partial charge on any atom is -0.383 e. The molecule has 0 aliphatic carbocycles. The van der Waals surface area contributed by atoms with Gasteiger partial charge in [0, 0.05) is 19.8 Å². The highest BCUT2D eigenvalue weighted by molar-refractivity contribution is 4.65. The summed E-state index contributed by atoms with van der Waals surface area (Å²) < 4.78 is 45.0. The van der Waals surface area contributed by atoms with E-state index in [0.29, 0.717) is 13.0 Å². The second-order valence-electron chi connectivity index (χ2n) is 4.27. The van der Waals surface area contributed by atoms with Gasteiger partial charge in [-0.25, -0.2) is 0 Å². The van der Waals surface area contributed by atoms with Crippen molar-refractivity contribution in [3.8, 4) is 0 Å². The molecule has 0 aromatic heterocycles. The molecule has 0 saturated heterocycles. The predicted molar refractivity (Wildman–Crippen MR) is 64.7 cm³/mol. The molecule has 0 fully saturated rings. The van der Waals surface area contributed by atoms with Crippen LogP contribution in [-0.4, -0.2) is 45.7 Å². The summed E-state index contributed by atoms with van der Waals surface area (Å²) in [6, 6.07) is 0.276. The standard InChI is InChI=1S/C12H24F3NO2/c1-3-7-16-11(9-17-2)6-4-5-8-18-10-12(13,14)15/h11,16H,3-10H2,1-2H3. The van der Waals surface area contributed by atoms with Crippen molar-refractivity contribution in [1.29, 1.82) is 0 Å². The Kier molecular flexibility index (Phi) is 10.4. The molecule has 0 aromatic carbocycles. The number of halogens is 3. The SMILES string of the molecule is CCCNC(CCCCOCC(F)(F)F)COC. The van der Waals surface area contributed by atoms with E-state index in [0.717, 1.165) is 25.8 Å². The highest BCUT2D eigenvalue weighted by Gasteiger charge is 2.27. The summed E-state index contributed by atoms with van der Waals surface area (Å²) in [4.78, 5) is 0. The molecule has 0 aromatic rings. The first kappa shape index (κ1) is 17.7. The lowest BCUT2D eigenvalue weighted by Gasteiger charge is -2.17. The fourth-order valence-electron chi connectivity index (χ4n) is 1.58. The zero-order valence-electron chi connectivity index (χ0n) is 11.2. The van der Waals surface area contributed by atoms with Crippen molar-refractivity contribution in [3.63, 3.8) is 0 Å². The van der Waals surface area contributed by atoms with Crippen molar-refractivity contribution in [2.24, 2.45) is 0 Å². The second kappa shape index (κ2) is 10.6. The Morgan fingerprint density at radius 2 is 1.94 bits per heavy atom. The van der Waals surface area contributed by atoms with Gasteiger partial charge in [0.05, 0.1) is 6.61 Å². The topological polar surface area (TPSA) is 30.5 Å². The molecule has 0 spiro atoms. The molecule has 1 atom stereocenters. The van der Waals surface area contributed by atoms with Gasteiger partial charge < -0.3 is 14.8 Å². The summed E-state index contributed by atoms with van der Waals surface area (Å²) in [6.07, 6.45) is -0.800. The molecule has 0 radical (unpaired) electrons. The van der Waals surface area contributed by atoms with Crippen molar-refractivity contribution in [3.05, 3.63) is 0 Å². The Bertz CT molecular complexity index is 189. The van der Waals surface area contributed by atoms with E-state index in [9.17, 15) is 13.2 Å². The largest absolute Gasteiger partial charge is 0.411 e. The van der Waals surface area contributed by atoms with E-state index in [2.05, 4.69) is 17.0 Å². The van der Waals surface area contributed by atoms with Crippen LogP contribution in [0.4, 0.5) is 13.2 Å². The van der Waals surface area contributed by atoms with Crippen LogP contribution in [0.2, 0.25) is 0 Å². The maximum Gasteiger partial charge on any atom is 0.411 e. The Morgan fingerprint density at radius 3 is 2.50 bits per heavy atom. The number of rotatable bonds is 11. The molecule has 6 heteroatoms. The third-order valence-corrected chi connectivity index (χ3v) is 2.41. The highest BCUT2D eigenvalue weighted by atomic mass is 19.4. The van der Waals surface area contributed by atoms with Crippen molar-refractivity contribution in [2.75, 3.05) is 33.5 Å². The molecule has 0 aliphatic rings. The fourth-order valence-corrected chi connectivity index (χ4v) is 1.58. The van der Waals surface area contributed by atoms with Gasteiger partial charge in [-0.1, -0.05) is 6.92 Å². The summed E-state index contributed by atoms with van der Waals surface area (Å²) in [6.45, 7) is 2.65. The molecule has 1 unspecified atom stereocenters. The normalized spacial score (nSPS) is 13.8. The van der Waals surface area contributed by atoms with E-state index in [4.69, 9.17) is 4.74 Å². The van der Waals surface area contributed by atoms with Gasteiger partial charge in [0.1, 0.15) is 6.61 Å². The Balaban J connectivity index is 3.48. The van der Waals surface area contributed by atoms with E-state index in [-0.39, 0.29) is 12.6 Å². The van der Waals surface area contributed by atoms with Gasteiger partial charge >= 0.3 is 6.18 Å². The smallest absolute Gasteiger partial charge is 0.383 e. The molecule has 0 saturated carbocycles. The third kappa shape index (κ3) is 12.1. The van der Waals surface area contributed by atoms with E-state index < -0.39 is 12.8 Å². The summed E-state index contributed by atoms with van der Waals surface area (Å²) >= 11 is 0. The molecule has 0 bridgehead atoms. The van der Waals surface area contributed by atoms with Crippen molar-refractivity contribution < 1.29 is 22.6 Å². The number of nitrogens with one attached hydrogen (secondary N) is 1. The molecule has 0 amide bonds. The predicted octanol–water partition coefficient (Wildman–Crippen LogP) is 2.75. The van der Waals surface area contributed by atoms with Crippen LogP contribution in [-0.2, 0) is 9.47 Å². The first-order valence-corrected chi connectivity index (χ1v) is 6.36. The molecule has 3 nitrogen and oxygen atoms in total. The van der Waals surface area contributed by atoms with Crippen molar-refractivity contribution >= 4 is 0 Å². The number of alkyl halides is 3. The number of hydrogen-bond donors (Lipinski definition) is 1. The maximum atomic E-state index is 11.8. The number of ether oxygens (including phenoxy) is 2. The minimum absolute atomic E-state index is 0.160. The van der Waals surface area contributed by atoms with Gasteiger partial charge in [0.15, 0.2) is 0 Å². The molecule has 0 rings (SSSR count). The van der Waals surface area contributed by atoms with E-state index in [1.165, 1.54) is 0 Å². The zero-order valence-corrected chi connectivity index (χ0v) is 11.2. The number of hydrogen-bond acceptors (Lipinski definition) is 3. The summed E-state index contributed by atoms with van der Waals surface area (Å²) in [5.41, 5.74) is 0. The summed E-state index contributed by atoms with van der Waals surface area (Å²) in [5.74, 6) is 0. The number of methoxy groups -OCH3 is 1. The first-order valence-electron chi connectivity index (χ1n) is 6.36. The van der Waals surface area contributed by atoms with Crippen LogP contribution in [0.25, 0.3) is 0 Å². The molecule has 110 valence electrons. The Hall–Kier alpha value is -0.330. The van der Waals surface area contributed by atoms with E-state index in [1.807, 2.05) is 0 Å². The van der Waals surface area contributed by atoms with E-state index >= 15 is 0 Å². The summed E-state index contributed by atoms with van der Waals surface area (Å²) in [7, 11) is 1.65. The highest BCUT2D eigenvalue weighted by Crippen LogP contribution is 2.14.